The smallest absolute Gasteiger partial charge is 0.175 e. The number of halogens is 1. The minimum absolute atomic E-state index is 0.00325. The van der Waals surface area contributed by atoms with Gasteiger partial charge in [0.2, 0.25) is 0 Å². The highest BCUT2D eigenvalue weighted by Gasteiger charge is 2.16. The number of nitrogens with one attached hydrogen (secondary N) is 1. The van der Waals surface area contributed by atoms with Gasteiger partial charge < -0.3 is 5.32 Å². The molecule has 1 heterocycles. The van der Waals surface area contributed by atoms with E-state index in [2.05, 4.69) is 10.3 Å². The number of aryl methyl sites for hydroxylation is 2. The number of thiazole rings is 1. The highest BCUT2D eigenvalue weighted by Crippen LogP contribution is 2.31. The van der Waals surface area contributed by atoms with Crippen LogP contribution in [0.5, 0.6) is 0 Å². The van der Waals surface area contributed by atoms with Crippen molar-refractivity contribution < 1.29 is 8.42 Å². The number of sulfone groups is 1. The lowest BCUT2D eigenvalue weighted by atomic mass is 10.2. The molecular formula is C14H17ClN2O2S2. The number of hydrogen-bond acceptors (Lipinski definition) is 5. The molecular weight excluding hydrogens is 328 g/mol. The van der Waals surface area contributed by atoms with E-state index in [1.54, 1.807) is 23.5 Å². The van der Waals surface area contributed by atoms with Crippen LogP contribution in [-0.4, -0.2) is 19.7 Å². The Balaban J connectivity index is 2.33. The Bertz CT molecular complexity index is 769. The van der Waals surface area contributed by atoms with Crippen LogP contribution >= 0.6 is 22.9 Å². The largest absolute Gasteiger partial charge is 0.376 e. The summed E-state index contributed by atoms with van der Waals surface area (Å²) >= 11 is 7.78. The van der Waals surface area contributed by atoms with Gasteiger partial charge in [-0.15, -0.1) is 11.3 Å². The number of benzene rings is 1. The van der Waals surface area contributed by atoms with Crippen LogP contribution in [0, 0.1) is 13.8 Å². The van der Waals surface area contributed by atoms with Crippen molar-refractivity contribution in [2.24, 2.45) is 0 Å². The second kappa shape index (κ2) is 5.94. The van der Waals surface area contributed by atoms with Gasteiger partial charge in [0, 0.05) is 11.1 Å². The van der Waals surface area contributed by atoms with Gasteiger partial charge in [0.25, 0.3) is 0 Å². The van der Waals surface area contributed by atoms with Crippen molar-refractivity contribution in [3.05, 3.63) is 38.8 Å². The molecule has 0 saturated carbocycles. The first kappa shape index (κ1) is 16.3. The summed E-state index contributed by atoms with van der Waals surface area (Å²) in [6.07, 6.45) is 1.18. The summed E-state index contributed by atoms with van der Waals surface area (Å²) in [6, 6.07) is 4.67. The number of rotatable bonds is 4. The van der Waals surface area contributed by atoms with Gasteiger partial charge in [0.15, 0.2) is 9.84 Å². The predicted octanol–water partition coefficient (Wildman–Crippen LogP) is 3.99. The SMILES string of the molecule is Cc1nc(C)c(C(C)Nc2cc(S(C)(=O)=O)ccc2Cl)s1. The van der Waals surface area contributed by atoms with Gasteiger partial charge in [0.1, 0.15) is 0 Å². The van der Waals surface area contributed by atoms with Crippen molar-refractivity contribution in [3.8, 4) is 0 Å². The van der Waals surface area contributed by atoms with Crippen LogP contribution in [0.1, 0.15) is 28.5 Å². The van der Waals surface area contributed by atoms with Gasteiger partial charge in [-0.25, -0.2) is 13.4 Å². The van der Waals surface area contributed by atoms with Crippen molar-refractivity contribution in [1.29, 1.82) is 0 Å². The molecule has 1 N–H and O–H groups in total. The fourth-order valence-electron chi connectivity index (χ4n) is 2.09. The molecule has 2 aromatic rings. The van der Waals surface area contributed by atoms with E-state index in [9.17, 15) is 8.42 Å². The normalized spacial score (nSPS) is 13.2. The van der Waals surface area contributed by atoms with E-state index in [0.29, 0.717) is 10.7 Å². The van der Waals surface area contributed by atoms with Gasteiger partial charge in [-0.2, -0.15) is 0 Å². The van der Waals surface area contributed by atoms with Gasteiger partial charge >= 0.3 is 0 Å². The molecule has 4 nitrogen and oxygen atoms in total. The summed E-state index contributed by atoms with van der Waals surface area (Å²) in [6.45, 7) is 5.93. The van der Waals surface area contributed by atoms with Crippen LogP contribution in [0.15, 0.2) is 23.1 Å². The van der Waals surface area contributed by atoms with Gasteiger partial charge in [0.05, 0.1) is 32.3 Å². The second-order valence-electron chi connectivity index (χ2n) is 4.96. The first-order valence-electron chi connectivity index (χ1n) is 6.38. The molecule has 0 aliphatic heterocycles. The van der Waals surface area contributed by atoms with Crippen LogP contribution in [0.4, 0.5) is 5.69 Å². The molecule has 0 aliphatic carbocycles. The summed E-state index contributed by atoms with van der Waals surface area (Å²) in [5.41, 5.74) is 1.59. The zero-order chi connectivity index (χ0) is 15.8. The van der Waals surface area contributed by atoms with E-state index < -0.39 is 9.84 Å². The lowest BCUT2D eigenvalue weighted by Gasteiger charge is -2.16. The third-order valence-electron chi connectivity index (χ3n) is 3.07. The molecule has 0 saturated heterocycles. The lowest BCUT2D eigenvalue weighted by molar-refractivity contribution is 0.602. The number of aromatic nitrogens is 1. The Morgan fingerprint density at radius 1 is 1.33 bits per heavy atom. The van der Waals surface area contributed by atoms with E-state index in [1.807, 2.05) is 20.8 Å². The van der Waals surface area contributed by atoms with E-state index in [0.717, 1.165) is 15.6 Å². The molecule has 2 rings (SSSR count). The molecule has 7 heteroatoms. The maximum Gasteiger partial charge on any atom is 0.175 e. The number of nitrogens with zero attached hydrogens (tertiary/aromatic N) is 1. The Morgan fingerprint density at radius 2 is 2.00 bits per heavy atom. The highest BCUT2D eigenvalue weighted by molar-refractivity contribution is 7.90. The summed E-state index contributed by atoms with van der Waals surface area (Å²) < 4.78 is 23.3. The molecule has 0 aliphatic rings. The monoisotopic (exact) mass is 344 g/mol. The third-order valence-corrected chi connectivity index (χ3v) is 5.77. The molecule has 0 fully saturated rings. The first-order valence-corrected chi connectivity index (χ1v) is 9.47. The Labute approximate surface area is 134 Å². The topological polar surface area (TPSA) is 59.1 Å². The molecule has 21 heavy (non-hydrogen) atoms. The van der Waals surface area contributed by atoms with Crippen molar-refractivity contribution in [2.75, 3.05) is 11.6 Å². The van der Waals surface area contributed by atoms with Crippen molar-refractivity contribution in [3.63, 3.8) is 0 Å². The molecule has 0 bridgehead atoms. The number of anilines is 1. The van der Waals surface area contributed by atoms with Crippen molar-refractivity contribution >= 4 is 38.5 Å². The van der Waals surface area contributed by atoms with E-state index in [1.165, 1.54) is 12.3 Å². The van der Waals surface area contributed by atoms with Crippen molar-refractivity contribution in [1.82, 2.24) is 4.98 Å². The standard InChI is InChI=1S/C14H17ClN2O2S2/c1-8-14(20-10(3)16-8)9(2)17-13-7-11(21(4,18)19)5-6-12(13)15/h5-7,9,17H,1-4H3. The highest BCUT2D eigenvalue weighted by atomic mass is 35.5. The molecule has 1 aromatic carbocycles. The molecule has 0 amide bonds. The van der Waals surface area contributed by atoms with E-state index in [4.69, 9.17) is 11.6 Å². The summed E-state index contributed by atoms with van der Waals surface area (Å²) in [7, 11) is -3.25. The van der Waals surface area contributed by atoms with Crippen LogP contribution < -0.4 is 5.32 Å². The van der Waals surface area contributed by atoms with Crippen LogP contribution in [0.3, 0.4) is 0 Å². The van der Waals surface area contributed by atoms with Gasteiger partial charge in [-0.3, -0.25) is 0 Å². The summed E-state index contributed by atoms with van der Waals surface area (Å²) in [5, 5.41) is 4.77. The average Bonchev–Trinajstić information content (AvgIpc) is 2.70. The minimum atomic E-state index is -3.25. The molecule has 1 unspecified atom stereocenters. The fraction of sp³-hybridized carbons (Fsp3) is 0.357. The zero-order valence-corrected chi connectivity index (χ0v) is 14.7. The molecule has 0 radical (unpaired) electrons. The van der Waals surface area contributed by atoms with E-state index >= 15 is 0 Å². The van der Waals surface area contributed by atoms with E-state index in [-0.39, 0.29) is 10.9 Å². The Hall–Kier alpha value is -1.11. The third kappa shape index (κ3) is 3.75. The second-order valence-corrected chi connectivity index (χ2v) is 8.62. The van der Waals surface area contributed by atoms with Gasteiger partial charge in [-0.1, -0.05) is 11.6 Å². The first-order chi connectivity index (χ1) is 9.68. The maximum atomic E-state index is 11.6. The minimum Gasteiger partial charge on any atom is -0.376 e. The lowest BCUT2D eigenvalue weighted by Crippen LogP contribution is -2.08. The average molecular weight is 345 g/mol. The Kier molecular flexibility index (Phi) is 4.60. The maximum absolute atomic E-state index is 11.6. The summed E-state index contributed by atoms with van der Waals surface area (Å²) in [5.74, 6) is 0. The zero-order valence-electron chi connectivity index (χ0n) is 12.3. The summed E-state index contributed by atoms with van der Waals surface area (Å²) in [4.78, 5) is 5.77. The van der Waals surface area contributed by atoms with Crippen LogP contribution in [0.2, 0.25) is 5.02 Å². The van der Waals surface area contributed by atoms with Gasteiger partial charge in [-0.05, 0) is 39.0 Å². The van der Waals surface area contributed by atoms with Crippen LogP contribution in [-0.2, 0) is 9.84 Å². The molecule has 0 spiro atoms. The van der Waals surface area contributed by atoms with Crippen molar-refractivity contribution in [2.45, 2.75) is 31.7 Å². The predicted molar refractivity (Wildman–Crippen MR) is 88.2 cm³/mol. The molecule has 114 valence electrons. The molecule has 1 atom stereocenters. The van der Waals surface area contributed by atoms with Crippen LogP contribution in [0.25, 0.3) is 0 Å². The molecule has 1 aromatic heterocycles. The quantitative estimate of drug-likeness (QED) is 0.911. The number of hydrogen-bond donors (Lipinski definition) is 1. The fourth-order valence-corrected chi connectivity index (χ4v) is 3.84. The Morgan fingerprint density at radius 3 is 2.52 bits per heavy atom.